The van der Waals surface area contributed by atoms with Crippen molar-refractivity contribution in [2.24, 2.45) is 11.8 Å². The average molecular weight is 294 g/mol. The number of hydrogen-bond acceptors (Lipinski definition) is 2. The van der Waals surface area contributed by atoms with Gasteiger partial charge in [0.05, 0.1) is 0 Å². The number of carbonyl (C=O) groups is 1. The van der Waals surface area contributed by atoms with Crippen molar-refractivity contribution in [2.75, 3.05) is 7.05 Å². The van der Waals surface area contributed by atoms with Gasteiger partial charge in [-0.05, 0) is 69.2 Å². The molecule has 1 aromatic rings. The Morgan fingerprint density at radius 3 is 2.75 bits per heavy atom. The predicted molar refractivity (Wildman–Crippen MR) is 84.3 cm³/mol. The largest absolute Gasteiger partial charge is 0.317 e. The lowest BCUT2D eigenvalue weighted by atomic mass is 9.70. The second kappa shape index (κ2) is 6.73. The van der Waals surface area contributed by atoms with Gasteiger partial charge in [-0.15, -0.1) is 0 Å². The van der Waals surface area contributed by atoms with E-state index >= 15 is 0 Å². The Balaban J connectivity index is 2.20. The Kier molecular flexibility index (Phi) is 5.22. The summed E-state index contributed by atoms with van der Waals surface area (Å²) in [6, 6.07) is 6.69. The fourth-order valence-electron chi connectivity index (χ4n) is 3.43. The molecule has 1 aliphatic rings. The summed E-state index contributed by atoms with van der Waals surface area (Å²) >= 11 is 6.41. The van der Waals surface area contributed by atoms with Crippen molar-refractivity contribution < 1.29 is 4.79 Å². The highest BCUT2D eigenvalue weighted by atomic mass is 35.5. The van der Waals surface area contributed by atoms with Crippen LogP contribution in [0.15, 0.2) is 18.2 Å². The van der Waals surface area contributed by atoms with Crippen LogP contribution in [0.1, 0.15) is 43.2 Å². The number of rotatable bonds is 4. The molecule has 1 aliphatic carbocycles. The van der Waals surface area contributed by atoms with Gasteiger partial charge in [-0.1, -0.05) is 23.7 Å². The molecule has 2 nitrogen and oxygen atoms in total. The molecule has 4 atom stereocenters. The molecule has 0 heterocycles. The molecule has 0 spiro atoms. The summed E-state index contributed by atoms with van der Waals surface area (Å²) < 4.78 is 0. The number of aldehydes is 1. The first-order valence-corrected chi connectivity index (χ1v) is 7.83. The lowest BCUT2D eigenvalue weighted by molar-refractivity contribution is -0.114. The third kappa shape index (κ3) is 3.24. The van der Waals surface area contributed by atoms with Gasteiger partial charge in [0.15, 0.2) is 0 Å². The van der Waals surface area contributed by atoms with Gasteiger partial charge in [0.2, 0.25) is 0 Å². The first-order valence-electron chi connectivity index (χ1n) is 7.45. The highest BCUT2D eigenvalue weighted by Crippen LogP contribution is 2.42. The Morgan fingerprint density at radius 1 is 1.40 bits per heavy atom. The van der Waals surface area contributed by atoms with Crippen LogP contribution >= 0.6 is 11.6 Å². The molecule has 0 bridgehead atoms. The summed E-state index contributed by atoms with van der Waals surface area (Å²) in [6.07, 6.45) is 4.20. The van der Waals surface area contributed by atoms with E-state index < -0.39 is 0 Å². The van der Waals surface area contributed by atoms with E-state index in [1.807, 2.05) is 13.1 Å². The summed E-state index contributed by atoms with van der Waals surface area (Å²) in [7, 11) is 1.97. The van der Waals surface area contributed by atoms with E-state index in [2.05, 4.69) is 31.3 Å². The number of aryl methyl sites for hydroxylation is 1. The monoisotopic (exact) mass is 293 g/mol. The highest BCUT2D eigenvalue weighted by molar-refractivity contribution is 6.31. The summed E-state index contributed by atoms with van der Waals surface area (Å²) in [4.78, 5) is 11.3. The van der Waals surface area contributed by atoms with Crippen molar-refractivity contribution >= 4 is 17.9 Å². The Labute approximate surface area is 126 Å². The highest BCUT2D eigenvalue weighted by Gasteiger charge is 2.34. The first kappa shape index (κ1) is 15.5. The smallest absolute Gasteiger partial charge is 0.123 e. The molecule has 0 radical (unpaired) electrons. The zero-order chi connectivity index (χ0) is 14.7. The van der Waals surface area contributed by atoms with Crippen molar-refractivity contribution in [3.63, 3.8) is 0 Å². The number of carbonyl (C=O) groups excluding carboxylic acids is 1. The van der Waals surface area contributed by atoms with Crippen LogP contribution in [0.5, 0.6) is 0 Å². The standard InChI is InChI=1S/C17H24ClNO/c1-11-4-7-15(17(18)8-11)13-5-6-14(10-20)16(9-13)12(2)19-3/h4,7-8,10,12-14,16,19H,5-6,9H2,1-3H3. The van der Waals surface area contributed by atoms with Gasteiger partial charge >= 0.3 is 0 Å². The SMILES string of the molecule is CNC(C)C1CC(c2ccc(C)cc2Cl)CCC1C=O. The normalized spacial score (nSPS) is 28.1. The zero-order valence-corrected chi connectivity index (χ0v) is 13.3. The molecular weight excluding hydrogens is 270 g/mol. The predicted octanol–water partition coefficient (Wildman–Crippen LogP) is 3.96. The van der Waals surface area contributed by atoms with E-state index in [1.54, 1.807) is 0 Å². The summed E-state index contributed by atoms with van der Waals surface area (Å²) in [5, 5.41) is 4.17. The maximum absolute atomic E-state index is 11.3. The molecule has 110 valence electrons. The summed E-state index contributed by atoms with van der Waals surface area (Å²) in [5.74, 6) is 1.05. The minimum atomic E-state index is 0.179. The van der Waals surface area contributed by atoms with Gasteiger partial charge in [-0.2, -0.15) is 0 Å². The molecular formula is C17H24ClNO. The maximum Gasteiger partial charge on any atom is 0.123 e. The molecule has 2 rings (SSSR count). The Morgan fingerprint density at radius 2 is 2.15 bits per heavy atom. The molecule has 3 heteroatoms. The summed E-state index contributed by atoms with van der Waals surface area (Å²) in [5.41, 5.74) is 2.44. The van der Waals surface area contributed by atoms with Gasteiger partial charge in [0.25, 0.3) is 0 Å². The van der Waals surface area contributed by atoms with Crippen LogP contribution in [0.3, 0.4) is 0 Å². The molecule has 0 amide bonds. The van der Waals surface area contributed by atoms with E-state index in [4.69, 9.17) is 11.6 Å². The number of benzene rings is 1. The molecule has 0 saturated heterocycles. The van der Waals surface area contributed by atoms with Crippen LogP contribution in [0, 0.1) is 18.8 Å². The van der Waals surface area contributed by atoms with Crippen molar-refractivity contribution in [1.29, 1.82) is 0 Å². The third-order valence-electron chi connectivity index (χ3n) is 4.82. The molecule has 1 N–H and O–H groups in total. The second-order valence-corrected chi connectivity index (χ2v) is 6.48. The molecule has 1 saturated carbocycles. The van der Waals surface area contributed by atoms with E-state index in [0.717, 1.165) is 30.6 Å². The quantitative estimate of drug-likeness (QED) is 0.852. The van der Waals surface area contributed by atoms with Crippen LogP contribution in [0.25, 0.3) is 0 Å². The van der Waals surface area contributed by atoms with Crippen molar-refractivity contribution in [3.05, 3.63) is 34.3 Å². The Hall–Kier alpha value is -0.860. The first-order chi connectivity index (χ1) is 9.56. The van der Waals surface area contributed by atoms with Gasteiger partial charge in [0.1, 0.15) is 6.29 Å². The fraction of sp³-hybridized carbons (Fsp3) is 0.588. The van der Waals surface area contributed by atoms with Crippen LogP contribution in [-0.4, -0.2) is 19.4 Å². The van der Waals surface area contributed by atoms with Crippen LogP contribution in [0.2, 0.25) is 5.02 Å². The molecule has 4 unspecified atom stereocenters. The molecule has 0 aliphatic heterocycles. The molecule has 0 aromatic heterocycles. The van der Waals surface area contributed by atoms with E-state index in [0.29, 0.717) is 17.9 Å². The van der Waals surface area contributed by atoms with Crippen molar-refractivity contribution in [3.8, 4) is 0 Å². The van der Waals surface area contributed by atoms with E-state index in [-0.39, 0.29) is 5.92 Å². The van der Waals surface area contributed by atoms with Crippen LogP contribution in [0.4, 0.5) is 0 Å². The maximum atomic E-state index is 11.3. The second-order valence-electron chi connectivity index (χ2n) is 6.08. The number of nitrogens with one attached hydrogen (secondary N) is 1. The topological polar surface area (TPSA) is 29.1 Å². The Bertz CT molecular complexity index is 474. The summed E-state index contributed by atoms with van der Waals surface area (Å²) in [6.45, 7) is 4.23. The van der Waals surface area contributed by atoms with Crippen molar-refractivity contribution in [1.82, 2.24) is 5.32 Å². The van der Waals surface area contributed by atoms with E-state index in [1.165, 1.54) is 11.1 Å². The fourth-order valence-corrected chi connectivity index (χ4v) is 3.82. The molecule has 1 aromatic carbocycles. The average Bonchev–Trinajstić information content (AvgIpc) is 2.46. The van der Waals surface area contributed by atoms with Crippen LogP contribution in [-0.2, 0) is 4.79 Å². The molecule has 20 heavy (non-hydrogen) atoms. The number of hydrogen-bond donors (Lipinski definition) is 1. The van der Waals surface area contributed by atoms with Crippen molar-refractivity contribution in [2.45, 2.75) is 45.1 Å². The van der Waals surface area contributed by atoms with Gasteiger partial charge in [0, 0.05) is 17.0 Å². The van der Waals surface area contributed by atoms with Gasteiger partial charge < -0.3 is 10.1 Å². The minimum absolute atomic E-state index is 0.179. The van der Waals surface area contributed by atoms with Crippen LogP contribution < -0.4 is 5.32 Å². The third-order valence-corrected chi connectivity index (χ3v) is 5.15. The lowest BCUT2D eigenvalue weighted by Crippen LogP contribution is -2.39. The van der Waals surface area contributed by atoms with Gasteiger partial charge in [-0.3, -0.25) is 0 Å². The number of halogens is 1. The van der Waals surface area contributed by atoms with E-state index in [9.17, 15) is 4.79 Å². The lowest BCUT2D eigenvalue weighted by Gasteiger charge is -2.37. The minimum Gasteiger partial charge on any atom is -0.317 e. The zero-order valence-electron chi connectivity index (χ0n) is 12.5. The van der Waals surface area contributed by atoms with Gasteiger partial charge in [-0.25, -0.2) is 0 Å². The molecule has 1 fully saturated rings.